The molecule has 0 aromatic heterocycles. The second kappa shape index (κ2) is 9.59. The summed E-state index contributed by atoms with van der Waals surface area (Å²) >= 11 is 1.60. The second-order valence-electron chi connectivity index (χ2n) is 6.75. The lowest BCUT2D eigenvalue weighted by atomic mass is 9.87. The van der Waals surface area contributed by atoms with Crippen molar-refractivity contribution in [2.45, 2.75) is 56.0 Å². The first kappa shape index (κ1) is 20.3. The predicted molar refractivity (Wildman–Crippen MR) is 103 cm³/mol. The molecule has 1 aromatic rings. The van der Waals surface area contributed by atoms with E-state index in [9.17, 15) is 13.2 Å². The maximum Gasteiger partial charge on any atom is 0.241 e. The van der Waals surface area contributed by atoms with Crippen molar-refractivity contribution in [3.8, 4) is 0 Å². The first-order valence-corrected chi connectivity index (χ1v) is 11.7. The molecule has 25 heavy (non-hydrogen) atoms. The van der Waals surface area contributed by atoms with Crippen molar-refractivity contribution in [2.24, 2.45) is 5.92 Å². The molecule has 2 N–H and O–H groups in total. The summed E-state index contributed by atoms with van der Waals surface area (Å²) in [5, 5.41) is 3.06. The number of sulfonamides is 1. The van der Waals surface area contributed by atoms with Crippen molar-refractivity contribution in [2.75, 3.05) is 12.0 Å². The highest BCUT2D eigenvalue weighted by Gasteiger charge is 2.28. The quantitative estimate of drug-likeness (QED) is 0.723. The number of amides is 1. The molecule has 7 heteroatoms. The van der Waals surface area contributed by atoms with Crippen LogP contribution in [-0.4, -0.2) is 38.4 Å². The maximum absolute atomic E-state index is 12.7. The Morgan fingerprint density at radius 3 is 2.64 bits per heavy atom. The van der Waals surface area contributed by atoms with E-state index in [4.69, 9.17) is 0 Å². The lowest BCUT2D eigenvalue weighted by Crippen LogP contribution is -2.50. The van der Waals surface area contributed by atoms with Crippen molar-refractivity contribution in [1.29, 1.82) is 0 Å². The predicted octanol–water partition coefficient (Wildman–Crippen LogP) is 2.78. The van der Waals surface area contributed by atoms with Gasteiger partial charge in [0.1, 0.15) is 6.04 Å². The lowest BCUT2D eigenvalue weighted by Gasteiger charge is -2.29. The Morgan fingerprint density at radius 1 is 1.28 bits per heavy atom. The number of carbonyl (C=O) groups excluding carboxylic acids is 1. The summed E-state index contributed by atoms with van der Waals surface area (Å²) in [6.07, 6.45) is 6.66. The number of hydrogen-bond donors (Lipinski definition) is 2. The normalized spacial score (nSPS) is 22.3. The van der Waals surface area contributed by atoms with E-state index < -0.39 is 16.1 Å². The van der Waals surface area contributed by atoms with Gasteiger partial charge in [-0.15, -0.1) is 0 Å². The van der Waals surface area contributed by atoms with E-state index in [1.54, 1.807) is 30.0 Å². The van der Waals surface area contributed by atoms with Gasteiger partial charge in [-0.1, -0.05) is 38.0 Å². The minimum Gasteiger partial charge on any atom is -0.352 e. The molecule has 1 amide bonds. The highest BCUT2D eigenvalue weighted by atomic mass is 32.2. The van der Waals surface area contributed by atoms with Gasteiger partial charge in [-0.2, -0.15) is 16.5 Å². The van der Waals surface area contributed by atoms with Gasteiger partial charge >= 0.3 is 0 Å². The van der Waals surface area contributed by atoms with Crippen LogP contribution in [0.15, 0.2) is 35.2 Å². The van der Waals surface area contributed by atoms with Crippen molar-refractivity contribution in [3.63, 3.8) is 0 Å². The molecule has 1 fully saturated rings. The average molecular weight is 385 g/mol. The van der Waals surface area contributed by atoms with Gasteiger partial charge < -0.3 is 5.32 Å². The molecule has 1 aliphatic carbocycles. The summed E-state index contributed by atoms with van der Waals surface area (Å²) in [6.45, 7) is 2.20. The fraction of sp³-hybridized carbons (Fsp3) is 0.611. The largest absolute Gasteiger partial charge is 0.352 e. The van der Waals surface area contributed by atoms with Crippen LogP contribution >= 0.6 is 11.8 Å². The molecule has 1 aliphatic rings. The Kier molecular flexibility index (Phi) is 7.78. The minimum atomic E-state index is -3.71. The number of nitrogens with one attached hydrogen (secondary N) is 2. The first-order chi connectivity index (χ1) is 11.9. The monoisotopic (exact) mass is 384 g/mol. The summed E-state index contributed by atoms with van der Waals surface area (Å²) in [4.78, 5) is 12.9. The van der Waals surface area contributed by atoms with E-state index in [0.717, 1.165) is 25.0 Å². The van der Waals surface area contributed by atoms with E-state index >= 15 is 0 Å². The van der Waals surface area contributed by atoms with Crippen LogP contribution in [0.5, 0.6) is 0 Å². The van der Waals surface area contributed by atoms with Crippen molar-refractivity contribution in [1.82, 2.24) is 10.0 Å². The van der Waals surface area contributed by atoms with Crippen LogP contribution in [0, 0.1) is 5.92 Å². The number of hydrogen-bond acceptors (Lipinski definition) is 4. The van der Waals surface area contributed by atoms with Gasteiger partial charge in [0.05, 0.1) is 4.90 Å². The Labute approximate surface area is 155 Å². The third-order valence-corrected chi connectivity index (χ3v) is 6.69. The second-order valence-corrected chi connectivity index (χ2v) is 9.45. The molecule has 0 aliphatic heterocycles. The molecular formula is C18H28N2O3S2. The Hall–Kier alpha value is -1.05. The molecule has 1 aromatic carbocycles. The number of thioether (sulfide) groups is 1. The van der Waals surface area contributed by atoms with Crippen LogP contribution in [-0.2, 0) is 14.8 Å². The molecule has 5 nitrogen and oxygen atoms in total. The van der Waals surface area contributed by atoms with Gasteiger partial charge in [0.25, 0.3) is 0 Å². The smallest absolute Gasteiger partial charge is 0.241 e. The first-order valence-electron chi connectivity index (χ1n) is 8.79. The van der Waals surface area contributed by atoms with Gasteiger partial charge in [0, 0.05) is 6.04 Å². The molecule has 1 saturated carbocycles. The van der Waals surface area contributed by atoms with Gasteiger partial charge in [0.15, 0.2) is 0 Å². The fourth-order valence-electron chi connectivity index (χ4n) is 3.20. The minimum absolute atomic E-state index is 0.147. The number of rotatable bonds is 8. The van der Waals surface area contributed by atoms with Crippen LogP contribution in [0.1, 0.15) is 39.0 Å². The molecular weight excluding hydrogens is 356 g/mol. The zero-order valence-electron chi connectivity index (χ0n) is 14.9. The van der Waals surface area contributed by atoms with E-state index in [0.29, 0.717) is 12.3 Å². The number of carbonyl (C=O) groups is 1. The van der Waals surface area contributed by atoms with E-state index in [1.165, 1.54) is 18.6 Å². The highest BCUT2D eigenvalue weighted by molar-refractivity contribution is 7.98. The summed E-state index contributed by atoms with van der Waals surface area (Å²) in [7, 11) is -3.71. The Balaban J connectivity index is 2.05. The standard InChI is InChI=1S/C18H28N2O3S2/c1-14-7-6-8-15(13-14)19-18(21)17(11-12-24-2)20-25(22,23)16-9-4-3-5-10-16/h3-5,9-10,14-15,17,20H,6-8,11-13H2,1-2H3,(H,19,21). The van der Waals surface area contributed by atoms with Gasteiger partial charge in [-0.25, -0.2) is 8.42 Å². The van der Waals surface area contributed by atoms with E-state index in [1.807, 2.05) is 6.26 Å². The molecule has 2 rings (SSSR count). The molecule has 3 atom stereocenters. The fourth-order valence-corrected chi connectivity index (χ4v) is 4.92. The Bertz CT molecular complexity index is 650. The Morgan fingerprint density at radius 2 is 2.00 bits per heavy atom. The van der Waals surface area contributed by atoms with Crippen LogP contribution in [0.3, 0.4) is 0 Å². The molecule has 3 unspecified atom stereocenters. The lowest BCUT2D eigenvalue weighted by molar-refractivity contribution is -0.123. The van der Waals surface area contributed by atoms with Crippen LogP contribution in [0.2, 0.25) is 0 Å². The third kappa shape index (κ3) is 6.31. The highest BCUT2D eigenvalue weighted by Crippen LogP contribution is 2.23. The summed E-state index contributed by atoms with van der Waals surface area (Å²) in [5.41, 5.74) is 0. The molecule has 140 valence electrons. The van der Waals surface area contributed by atoms with E-state index in [-0.39, 0.29) is 16.8 Å². The van der Waals surface area contributed by atoms with Crippen LogP contribution in [0.25, 0.3) is 0 Å². The number of benzene rings is 1. The van der Waals surface area contributed by atoms with Crippen molar-refractivity contribution in [3.05, 3.63) is 30.3 Å². The summed E-state index contributed by atoms with van der Waals surface area (Å²) in [6, 6.07) is 7.60. The van der Waals surface area contributed by atoms with Crippen LogP contribution in [0.4, 0.5) is 0 Å². The van der Waals surface area contributed by atoms with E-state index in [2.05, 4.69) is 17.0 Å². The molecule has 0 heterocycles. The SMILES string of the molecule is CSCCC(NS(=O)(=O)c1ccccc1)C(=O)NC1CCCC(C)C1. The van der Waals surface area contributed by atoms with Crippen LogP contribution < -0.4 is 10.0 Å². The van der Waals surface area contributed by atoms with Gasteiger partial charge in [0.2, 0.25) is 15.9 Å². The van der Waals surface area contributed by atoms with Crippen molar-refractivity contribution >= 4 is 27.7 Å². The summed E-state index contributed by atoms with van der Waals surface area (Å²) in [5.74, 6) is 1.11. The zero-order chi connectivity index (χ0) is 18.3. The van der Waals surface area contributed by atoms with Crippen molar-refractivity contribution < 1.29 is 13.2 Å². The topological polar surface area (TPSA) is 75.3 Å². The van der Waals surface area contributed by atoms with Gasteiger partial charge in [-0.3, -0.25) is 4.79 Å². The molecule has 0 bridgehead atoms. The summed E-state index contributed by atoms with van der Waals surface area (Å²) < 4.78 is 27.7. The average Bonchev–Trinajstić information content (AvgIpc) is 2.59. The molecule has 0 radical (unpaired) electrons. The maximum atomic E-state index is 12.7. The molecule has 0 saturated heterocycles. The molecule has 0 spiro atoms. The third-order valence-electron chi connectivity index (χ3n) is 4.56. The van der Waals surface area contributed by atoms with Gasteiger partial charge in [-0.05, 0) is 49.3 Å². The zero-order valence-corrected chi connectivity index (χ0v) is 16.5.